The number of halogens is 1. The first-order valence-corrected chi connectivity index (χ1v) is 5.30. The lowest BCUT2D eigenvalue weighted by molar-refractivity contribution is 0.0533. The van der Waals surface area contributed by atoms with Gasteiger partial charge in [0, 0.05) is 10.4 Å². The lowest BCUT2D eigenvalue weighted by Crippen LogP contribution is -2.28. The Balaban J connectivity index is 2.73. The number of rotatable bonds is 2. The number of carbonyl (C=O) groups is 1. The van der Waals surface area contributed by atoms with Gasteiger partial charge in [-0.3, -0.25) is 14.4 Å². The van der Waals surface area contributed by atoms with Crippen LogP contribution in [0.2, 0.25) is 5.02 Å². The fourth-order valence-corrected chi connectivity index (χ4v) is 1.78. The second-order valence-corrected chi connectivity index (χ2v) is 3.94. The number of H-pyrrole nitrogens is 1. The zero-order valence-corrected chi connectivity index (χ0v) is 10.0. The van der Waals surface area contributed by atoms with E-state index in [0.717, 1.165) is 0 Å². The average molecular weight is 269 g/mol. The van der Waals surface area contributed by atoms with Gasteiger partial charge in [-0.25, -0.2) is 5.48 Å². The smallest absolute Gasteiger partial charge is 0.284 e. The molecule has 0 fully saturated rings. The molecule has 0 aliphatic heterocycles. The first-order valence-electron chi connectivity index (χ1n) is 4.92. The molecule has 0 unspecified atom stereocenters. The van der Waals surface area contributed by atoms with Gasteiger partial charge in [0.1, 0.15) is 11.3 Å². The maximum Gasteiger partial charge on any atom is 0.284 e. The van der Waals surface area contributed by atoms with E-state index in [-0.39, 0.29) is 0 Å². The van der Waals surface area contributed by atoms with Crippen molar-refractivity contribution in [3.8, 4) is 5.75 Å². The number of carbonyl (C=O) groups excluding carboxylic acids is 1. The summed E-state index contributed by atoms with van der Waals surface area (Å²) in [4.78, 5) is 30.1. The zero-order valence-electron chi connectivity index (χ0n) is 9.28. The average Bonchev–Trinajstić information content (AvgIpc) is 2.28. The van der Waals surface area contributed by atoms with Crippen molar-refractivity contribution < 1.29 is 14.7 Å². The Morgan fingerprint density at radius 1 is 1.50 bits per heavy atom. The number of hydrogen-bond acceptors (Lipinski definition) is 4. The molecule has 1 aromatic carbocycles. The van der Waals surface area contributed by atoms with Gasteiger partial charge >= 0.3 is 0 Å². The summed E-state index contributed by atoms with van der Waals surface area (Å²) in [6, 6.07) is 4.53. The summed E-state index contributed by atoms with van der Waals surface area (Å²) < 4.78 is 0. The number of hydrogen-bond donors (Lipinski definition) is 3. The molecule has 1 heterocycles. The number of aromatic nitrogens is 1. The first kappa shape index (κ1) is 12.4. The van der Waals surface area contributed by atoms with Gasteiger partial charge in [0.2, 0.25) is 0 Å². The highest BCUT2D eigenvalue weighted by atomic mass is 35.5. The summed E-state index contributed by atoms with van der Waals surface area (Å²) in [5, 5.41) is 10.7. The molecule has 0 saturated heterocycles. The van der Waals surface area contributed by atoms with Crippen LogP contribution < -0.4 is 11.0 Å². The number of pyridine rings is 1. The quantitative estimate of drug-likeness (QED) is 0.713. The molecule has 0 radical (unpaired) electrons. The van der Waals surface area contributed by atoms with Crippen LogP contribution in [0.1, 0.15) is 10.4 Å². The molecule has 7 heteroatoms. The van der Waals surface area contributed by atoms with Crippen LogP contribution in [0.4, 0.5) is 0 Å². The molecule has 18 heavy (non-hydrogen) atoms. The molecule has 3 N–H and O–H groups in total. The second kappa shape index (κ2) is 4.67. The van der Waals surface area contributed by atoms with Crippen molar-refractivity contribution in [2.24, 2.45) is 0 Å². The molecule has 2 rings (SSSR count). The van der Waals surface area contributed by atoms with Gasteiger partial charge in [-0.15, -0.1) is 0 Å². The molecule has 0 aliphatic carbocycles. The summed E-state index contributed by atoms with van der Waals surface area (Å²) in [5.41, 5.74) is 1.19. The minimum atomic E-state index is -0.826. The van der Waals surface area contributed by atoms with Crippen molar-refractivity contribution in [3.05, 3.63) is 39.1 Å². The van der Waals surface area contributed by atoms with E-state index in [1.165, 1.54) is 19.2 Å². The highest BCUT2D eigenvalue weighted by molar-refractivity contribution is 6.31. The number of benzene rings is 1. The van der Waals surface area contributed by atoms with Gasteiger partial charge in [-0.05, 0) is 18.2 Å². The fraction of sp³-hybridized carbons (Fsp3) is 0.0909. The predicted octanol–water partition coefficient (Wildman–Crippen LogP) is 1.18. The van der Waals surface area contributed by atoms with Crippen molar-refractivity contribution in [3.63, 3.8) is 0 Å². The molecule has 6 nitrogen and oxygen atoms in total. The van der Waals surface area contributed by atoms with Crippen LogP contribution in [0.25, 0.3) is 10.9 Å². The van der Waals surface area contributed by atoms with Crippen LogP contribution >= 0.6 is 11.6 Å². The minimum Gasteiger partial charge on any atom is -0.506 e. The molecule has 0 aliphatic rings. The van der Waals surface area contributed by atoms with Crippen LogP contribution in [-0.4, -0.2) is 23.1 Å². The molecule has 1 amide bonds. The Kier molecular flexibility index (Phi) is 3.22. The largest absolute Gasteiger partial charge is 0.506 e. The summed E-state index contributed by atoms with van der Waals surface area (Å²) in [7, 11) is 1.23. The Labute approximate surface area is 106 Å². The molecular formula is C11H9ClN2O4. The molecular weight excluding hydrogens is 260 g/mol. The molecule has 2 aromatic rings. The molecule has 94 valence electrons. The number of aromatic hydroxyl groups is 1. The summed E-state index contributed by atoms with van der Waals surface area (Å²) in [6.45, 7) is 0. The van der Waals surface area contributed by atoms with Crippen molar-refractivity contribution in [1.82, 2.24) is 10.5 Å². The van der Waals surface area contributed by atoms with Crippen LogP contribution in [0.3, 0.4) is 0 Å². The maximum atomic E-state index is 11.7. The number of nitrogens with one attached hydrogen (secondary N) is 2. The Bertz CT molecular complexity index is 681. The Hall–Kier alpha value is -2.05. The molecule has 1 aromatic heterocycles. The summed E-state index contributed by atoms with van der Waals surface area (Å²) in [6.07, 6.45) is 0. The van der Waals surface area contributed by atoms with E-state index in [1.54, 1.807) is 6.07 Å². The van der Waals surface area contributed by atoms with E-state index in [9.17, 15) is 14.7 Å². The maximum absolute atomic E-state index is 11.7. The van der Waals surface area contributed by atoms with Crippen molar-refractivity contribution in [2.75, 3.05) is 7.11 Å². The molecule has 0 bridgehead atoms. The Morgan fingerprint density at radius 2 is 2.22 bits per heavy atom. The highest BCUT2D eigenvalue weighted by Gasteiger charge is 2.18. The Morgan fingerprint density at radius 3 is 2.89 bits per heavy atom. The molecule has 0 saturated carbocycles. The van der Waals surface area contributed by atoms with E-state index >= 15 is 0 Å². The van der Waals surface area contributed by atoms with Crippen LogP contribution in [-0.2, 0) is 4.84 Å². The number of amides is 1. The third-order valence-corrected chi connectivity index (χ3v) is 2.61. The first-order chi connectivity index (χ1) is 8.54. The van der Waals surface area contributed by atoms with Gasteiger partial charge < -0.3 is 10.1 Å². The van der Waals surface area contributed by atoms with Gasteiger partial charge in [-0.2, -0.15) is 0 Å². The van der Waals surface area contributed by atoms with Gasteiger partial charge in [-0.1, -0.05) is 11.6 Å². The fourth-order valence-electron chi connectivity index (χ4n) is 1.61. The van der Waals surface area contributed by atoms with E-state index in [2.05, 4.69) is 9.82 Å². The standard InChI is InChI=1S/C11H9ClN2O4/c1-18-14-11(17)8-9(15)6-3-2-5(12)4-7(6)13-10(8)16/h2-4H,1H3,(H,14,17)(H2,13,15,16). The lowest BCUT2D eigenvalue weighted by Gasteiger charge is -2.07. The van der Waals surface area contributed by atoms with Crippen LogP contribution in [0.5, 0.6) is 5.75 Å². The third kappa shape index (κ3) is 2.03. The minimum absolute atomic E-state index is 0.320. The second-order valence-electron chi connectivity index (χ2n) is 3.50. The third-order valence-electron chi connectivity index (χ3n) is 2.37. The van der Waals surface area contributed by atoms with Gasteiger partial charge in [0.25, 0.3) is 11.5 Å². The summed E-state index contributed by atoms with van der Waals surface area (Å²) in [5.74, 6) is -1.24. The van der Waals surface area contributed by atoms with Gasteiger partial charge in [0.05, 0.1) is 12.6 Å². The number of fused-ring (bicyclic) bond motifs is 1. The number of hydroxylamine groups is 1. The molecule has 0 spiro atoms. The van der Waals surface area contributed by atoms with E-state index in [0.29, 0.717) is 15.9 Å². The lowest BCUT2D eigenvalue weighted by atomic mass is 10.1. The monoisotopic (exact) mass is 268 g/mol. The zero-order chi connectivity index (χ0) is 13.3. The van der Waals surface area contributed by atoms with Crippen molar-refractivity contribution >= 4 is 28.4 Å². The SMILES string of the molecule is CONC(=O)c1c(O)c2ccc(Cl)cc2[nH]c1=O. The van der Waals surface area contributed by atoms with Crippen LogP contribution in [0, 0.1) is 0 Å². The van der Waals surface area contributed by atoms with Gasteiger partial charge in [0.15, 0.2) is 0 Å². The summed E-state index contributed by atoms with van der Waals surface area (Å²) >= 11 is 5.77. The normalized spacial score (nSPS) is 10.6. The molecule has 0 atom stereocenters. The van der Waals surface area contributed by atoms with E-state index in [4.69, 9.17) is 11.6 Å². The van der Waals surface area contributed by atoms with Crippen molar-refractivity contribution in [1.29, 1.82) is 0 Å². The number of aromatic amines is 1. The van der Waals surface area contributed by atoms with Crippen LogP contribution in [0.15, 0.2) is 23.0 Å². The van der Waals surface area contributed by atoms with Crippen molar-refractivity contribution in [2.45, 2.75) is 0 Å². The van der Waals surface area contributed by atoms with E-state index in [1.807, 2.05) is 5.48 Å². The van der Waals surface area contributed by atoms with E-state index < -0.39 is 22.8 Å². The predicted molar refractivity (Wildman–Crippen MR) is 65.7 cm³/mol. The highest BCUT2D eigenvalue weighted by Crippen LogP contribution is 2.26. The topological polar surface area (TPSA) is 91.4 Å².